The third-order valence-electron chi connectivity index (χ3n) is 6.12. The van der Waals surface area contributed by atoms with Gasteiger partial charge in [0.1, 0.15) is 11.3 Å². The van der Waals surface area contributed by atoms with Crippen LogP contribution in [0.2, 0.25) is 0 Å². The van der Waals surface area contributed by atoms with Crippen molar-refractivity contribution in [3.05, 3.63) is 112 Å². The van der Waals surface area contributed by atoms with Gasteiger partial charge in [0.15, 0.2) is 40.2 Å². The molecule has 0 radical (unpaired) electrons. The molecule has 7 nitrogen and oxygen atoms in total. The van der Waals surface area contributed by atoms with Crippen molar-refractivity contribution in [2.45, 2.75) is 13.3 Å². The Labute approximate surface area is 219 Å². The summed E-state index contributed by atoms with van der Waals surface area (Å²) in [6.45, 7) is 1.55. The minimum Gasteiger partial charge on any atom is -0.495 e. The van der Waals surface area contributed by atoms with E-state index >= 15 is 0 Å². The van der Waals surface area contributed by atoms with Gasteiger partial charge in [0.2, 0.25) is 0 Å². The van der Waals surface area contributed by atoms with E-state index in [2.05, 4.69) is 15.0 Å². The van der Waals surface area contributed by atoms with E-state index in [0.29, 0.717) is 28.0 Å². The average Bonchev–Trinajstić information content (AvgIpc) is 2.91. The van der Waals surface area contributed by atoms with Crippen LogP contribution in [0.5, 0.6) is 17.2 Å². The summed E-state index contributed by atoms with van der Waals surface area (Å²) in [7, 11) is 1.51. The standard InChI is InChI=1S/C29H20F3N3O4/c1-15-27(29(37)19(14-34-15)17-4-5-20(30)21(31)11-17)24(36)10-16-3-6-25(22(32)9-16)39-26-7-8-33-23-12-18(38-2)13-35-28(23)26/h3-9,11-14H,10H2,1-2H3,(H,34,37). The number of carbonyl (C=O) groups is 1. The predicted molar refractivity (Wildman–Crippen MR) is 138 cm³/mol. The number of aryl methyl sites for hydroxylation is 1. The number of aromatic amines is 1. The van der Waals surface area contributed by atoms with E-state index in [1.54, 1.807) is 19.1 Å². The van der Waals surface area contributed by atoms with Gasteiger partial charge in [-0.15, -0.1) is 0 Å². The van der Waals surface area contributed by atoms with Crippen molar-refractivity contribution in [3.63, 3.8) is 0 Å². The monoisotopic (exact) mass is 531 g/mol. The Balaban J connectivity index is 1.40. The first kappa shape index (κ1) is 25.7. The van der Waals surface area contributed by atoms with Crippen LogP contribution < -0.4 is 14.9 Å². The number of ether oxygens (including phenoxy) is 2. The summed E-state index contributed by atoms with van der Waals surface area (Å²) in [4.78, 5) is 37.6. The second-order valence-electron chi connectivity index (χ2n) is 8.68. The SMILES string of the molecule is COc1cnc2c(Oc3ccc(CC(=O)c4c(C)[nH]cc(-c5ccc(F)c(F)c5)c4=O)cc3F)ccnc2c1. The van der Waals surface area contributed by atoms with Crippen molar-refractivity contribution in [1.82, 2.24) is 15.0 Å². The third-order valence-corrected chi connectivity index (χ3v) is 6.12. The molecule has 0 aliphatic carbocycles. The molecule has 196 valence electrons. The fourth-order valence-corrected chi connectivity index (χ4v) is 4.15. The summed E-state index contributed by atoms with van der Waals surface area (Å²) in [5.74, 6) is -2.76. The van der Waals surface area contributed by atoms with E-state index in [1.807, 2.05) is 0 Å². The van der Waals surface area contributed by atoms with E-state index < -0.39 is 28.7 Å². The summed E-state index contributed by atoms with van der Waals surface area (Å²) in [6.07, 6.45) is 4.05. The summed E-state index contributed by atoms with van der Waals surface area (Å²) in [6, 6.07) is 10.3. The van der Waals surface area contributed by atoms with Crippen molar-refractivity contribution < 1.29 is 27.4 Å². The summed E-state index contributed by atoms with van der Waals surface area (Å²) >= 11 is 0. The van der Waals surface area contributed by atoms with Crippen LogP contribution in [-0.4, -0.2) is 27.8 Å². The van der Waals surface area contributed by atoms with Gasteiger partial charge in [-0.3, -0.25) is 14.6 Å². The number of rotatable bonds is 7. The molecule has 0 unspecified atom stereocenters. The Hall–Kier alpha value is -4.99. The topological polar surface area (TPSA) is 94.2 Å². The molecule has 1 N–H and O–H groups in total. The minimum atomic E-state index is -1.12. The molecule has 0 saturated carbocycles. The second kappa shape index (κ2) is 10.4. The maximum absolute atomic E-state index is 15.0. The number of hydrogen-bond donors (Lipinski definition) is 1. The highest BCUT2D eigenvalue weighted by molar-refractivity contribution is 5.99. The number of Topliss-reactive ketones (excluding diaryl/α,β-unsaturated/α-hetero) is 1. The van der Waals surface area contributed by atoms with Gasteiger partial charge in [-0.1, -0.05) is 12.1 Å². The number of methoxy groups -OCH3 is 1. The van der Waals surface area contributed by atoms with Crippen LogP contribution in [0.25, 0.3) is 22.2 Å². The maximum atomic E-state index is 15.0. The number of aromatic nitrogens is 3. The molecule has 3 heterocycles. The van der Waals surface area contributed by atoms with Crippen molar-refractivity contribution in [2.24, 2.45) is 0 Å². The first-order chi connectivity index (χ1) is 18.7. The van der Waals surface area contributed by atoms with Gasteiger partial charge in [0, 0.05) is 42.2 Å². The number of fused-ring (bicyclic) bond motifs is 1. The Bertz CT molecular complexity index is 1800. The maximum Gasteiger partial charge on any atom is 0.200 e. The van der Waals surface area contributed by atoms with Crippen molar-refractivity contribution in [1.29, 1.82) is 0 Å². The first-order valence-electron chi connectivity index (χ1n) is 11.7. The Morgan fingerprint density at radius 3 is 2.51 bits per heavy atom. The molecular formula is C29H20F3N3O4. The second-order valence-corrected chi connectivity index (χ2v) is 8.68. The smallest absolute Gasteiger partial charge is 0.200 e. The molecule has 0 fully saturated rings. The van der Waals surface area contributed by atoms with E-state index in [0.717, 1.165) is 18.2 Å². The number of halogens is 3. The van der Waals surface area contributed by atoms with E-state index in [1.165, 1.54) is 43.9 Å². The quantitative estimate of drug-likeness (QED) is 0.262. The van der Waals surface area contributed by atoms with Gasteiger partial charge in [-0.2, -0.15) is 0 Å². The molecule has 0 amide bonds. The first-order valence-corrected chi connectivity index (χ1v) is 11.7. The highest BCUT2D eigenvalue weighted by atomic mass is 19.2. The number of nitrogens with zero attached hydrogens (tertiary/aromatic N) is 2. The van der Waals surface area contributed by atoms with Crippen LogP contribution >= 0.6 is 0 Å². The fourth-order valence-electron chi connectivity index (χ4n) is 4.15. The Morgan fingerprint density at radius 1 is 0.949 bits per heavy atom. The molecular weight excluding hydrogens is 511 g/mol. The molecule has 0 aliphatic heterocycles. The number of nitrogens with one attached hydrogen (secondary N) is 1. The highest BCUT2D eigenvalue weighted by Crippen LogP contribution is 2.31. The van der Waals surface area contributed by atoms with Crippen molar-refractivity contribution in [2.75, 3.05) is 7.11 Å². The summed E-state index contributed by atoms with van der Waals surface area (Å²) in [5, 5.41) is 0. The van der Waals surface area contributed by atoms with Crippen LogP contribution in [0.15, 0.2) is 71.9 Å². The molecule has 0 atom stereocenters. The highest BCUT2D eigenvalue weighted by Gasteiger charge is 2.20. The lowest BCUT2D eigenvalue weighted by molar-refractivity contribution is 0.0991. The summed E-state index contributed by atoms with van der Waals surface area (Å²) < 4.78 is 53.0. The number of ketones is 1. The van der Waals surface area contributed by atoms with Gasteiger partial charge in [-0.05, 0) is 42.3 Å². The van der Waals surface area contributed by atoms with Crippen molar-refractivity contribution >= 4 is 16.8 Å². The van der Waals surface area contributed by atoms with Crippen LogP contribution in [-0.2, 0) is 6.42 Å². The molecule has 3 aromatic heterocycles. The fraction of sp³-hybridized carbons (Fsp3) is 0.103. The lowest BCUT2D eigenvalue weighted by Crippen LogP contribution is -2.21. The zero-order valence-electron chi connectivity index (χ0n) is 20.7. The number of benzene rings is 2. The van der Waals surface area contributed by atoms with Crippen LogP contribution in [0.4, 0.5) is 13.2 Å². The molecule has 5 aromatic rings. The number of pyridine rings is 3. The van der Waals surface area contributed by atoms with Gasteiger partial charge < -0.3 is 14.5 Å². The van der Waals surface area contributed by atoms with Crippen molar-refractivity contribution in [3.8, 4) is 28.4 Å². The largest absolute Gasteiger partial charge is 0.495 e. The zero-order valence-corrected chi connectivity index (χ0v) is 20.7. The van der Waals surface area contributed by atoms with Gasteiger partial charge in [0.05, 0.1) is 24.4 Å². The van der Waals surface area contributed by atoms with Crippen LogP contribution in [0, 0.1) is 24.4 Å². The van der Waals surface area contributed by atoms with Crippen LogP contribution in [0.3, 0.4) is 0 Å². The molecule has 2 aromatic carbocycles. The normalized spacial score (nSPS) is 11.0. The molecule has 39 heavy (non-hydrogen) atoms. The van der Waals surface area contributed by atoms with E-state index in [4.69, 9.17) is 9.47 Å². The Morgan fingerprint density at radius 2 is 1.77 bits per heavy atom. The zero-order chi connectivity index (χ0) is 27.7. The Kier molecular flexibility index (Phi) is 6.84. The van der Waals surface area contributed by atoms with Gasteiger partial charge >= 0.3 is 0 Å². The molecule has 5 rings (SSSR count). The number of carbonyl (C=O) groups excluding carboxylic acids is 1. The van der Waals surface area contributed by atoms with E-state index in [9.17, 15) is 22.8 Å². The molecule has 10 heteroatoms. The lowest BCUT2D eigenvalue weighted by atomic mass is 9.97. The minimum absolute atomic E-state index is 0.00795. The molecule has 0 aliphatic rings. The molecule has 0 saturated heterocycles. The average molecular weight is 531 g/mol. The van der Waals surface area contributed by atoms with E-state index in [-0.39, 0.29) is 34.6 Å². The third kappa shape index (κ3) is 5.08. The molecule has 0 spiro atoms. The number of hydrogen-bond acceptors (Lipinski definition) is 6. The van der Waals surface area contributed by atoms with Gasteiger partial charge in [0.25, 0.3) is 0 Å². The summed E-state index contributed by atoms with van der Waals surface area (Å²) in [5.41, 5.74) is 0.851. The van der Waals surface area contributed by atoms with Crippen LogP contribution in [0.1, 0.15) is 21.6 Å². The van der Waals surface area contributed by atoms with Gasteiger partial charge in [-0.25, -0.2) is 18.2 Å². The molecule has 0 bridgehead atoms. The number of H-pyrrole nitrogens is 1. The lowest BCUT2D eigenvalue weighted by Gasteiger charge is -2.11. The predicted octanol–water partition coefficient (Wildman–Crippen LogP) is 5.94.